The second-order valence-corrected chi connectivity index (χ2v) is 9.56. The van der Waals surface area contributed by atoms with Crippen molar-refractivity contribution >= 4 is 29.3 Å². The van der Waals surface area contributed by atoms with Crippen molar-refractivity contribution in [1.29, 1.82) is 0 Å². The molecule has 5 rings (SSSR count). The maximum atomic E-state index is 13.1. The third kappa shape index (κ3) is 5.11. The third-order valence-electron chi connectivity index (χ3n) is 5.85. The average molecular weight is 539 g/mol. The molecule has 8 nitrogen and oxygen atoms in total. The van der Waals surface area contributed by atoms with Crippen LogP contribution in [-0.4, -0.2) is 41.6 Å². The van der Waals surface area contributed by atoms with Gasteiger partial charge < -0.3 is 28.6 Å². The summed E-state index contributed by atoms with van der Waals surface area (Å²) < 4.78 is 23.0. The van der Waals surface area contributed by atoms with Crippen LogP contribution in [-0.2, 0) is 11.3 Å². The third-order valence-corrected chi connectivity index (χ3v) is 7.19. The maximum absolute atomic E-state index is 13.1. The lowest BCUT2D eigenvalue weighted by Gasteiger charge is -2.16. The molecule has 0 saturated heterocycles. The van der Waals surface area contributed by atoms with Crippen molar-refractivity contribution in [3.8, 4) is 17.2 Å². The minimum Gasteiger partial charge on any atom is -0.497 e. The fourth-order valence-corrected chi connectivity index (χ4v) is 5.11. The van der Waals surface area contributed by atoms with Crippen molar-refractivity contribution in [3.05, 3.63) is 94.4 Å². The summed E-state index contributed by atoms with van der Waals surface area (Å²) in [6, 6.07) is 19.9. The minimum atomic E-state index is -1.11. The quantitative estimate of drug-likeness (QED) is 0.300. The van der Waals surface area contributed by atoms with E-state index < -0.39 is 12.1 Å². The Kier molecular flexibility index (Phi) is 7.27. The van der Waals surface area contributed by atoms with Gasteiger partial charge in [0, 0.05) is 16.0 Å². The molecule has 4 aromatic rings. The van der Waals surface area contributed by atoms with Gasteiger partial charge in [-0.2, -0.15) is 0 Å². The predicted molar refractivity (Wildman–Crippen MR) is 138 cm³/mol. The second-order valence-electron chi connectivity index (χ2n) is 8.09. The van der Waals surface area contributed by atoms with Crippen LogP contribution in [0, 0.1) is 0 Å². The number of halogens is 1. The Morgan fingerprint density at radius 3 is 2.49 bits per heavy atom. The first-order chi connectivity index (χ1) is 18.0. The van der Waals surface area contributed by atoms with Crippen molar-refractivity contribution in [2.75, 3.05) is 21.0 Å². The Balaban J connectivity index is 1.63. The zero-order chi connectivity index (χ0) is 25.9. The van der Waals surface area contributed by atoms with Crippen LogP contribution in [0.15, 0.2) is 76.7 Å². The molecule has 2 heterocycles. The van der Waals surface area contributed by atoms with E-state index in [1.54, 1.807) is 35.9 Å². The van der Waals surface area contributed by atoms with Gasteiger partial charge in [0.15, 0.2) is 17.2 Å². The fourth-order valence-electron chi connectivity index (χ4n) is 3.97. The van der Waals surface area contributed by atoms with Crippen LogP contribution >= 0.6 is 23.4 Å². The molecular formula is C27H23ClN2O6S. The number of aliphatic hydroxyl groups excluding tert-OH is 1. The Labute approximate surface area is 222 Å². The standard InChI is InChI=1S/C27H23ClN2O6S/c1-33-18-8-10-19(11-9-18)37-26-23(27(32)34-2)30(25(29-26)24(31)16-6-4-3-5-7-16)14-17-12-21-22(13-20(17)28)36-15-35-21/h3-13,24,31H,14-15H2,1-2H3. The lowest BCUT2D eigenvalue weighted by atomic mass is 10.1. The molecule has 0 radical (unpaired) electrons. The number of aliphatic hydroxyl groups is 1. The van der Waals surface area contributed by atoms with Crippen molar-refractivity contribution in [2.45, 2.75) is 22.6 Å². The van der Waals surface area contributed by atoms with Crippen LogP contribution in [0.3, 0.4) is 0 Å². The number of imidazole rings is 1. The molecule has 0 amide bonds. The normalized spacial score (nSPS) is 12.9. The van der Waals surface area contributed by atoms with Gasteiger partial charge in [0.1, 0.15) is 22.7 Å². The molecule has 0 fully saturated rings. The maximum Gasteiger partial charge on any atom is 0.357 e. The average Bonchev–Trinajstić information content (AvgIpc) is 3.53. The molecule has 1 aliphatic heterocycles. The van der Waals surface area contributed by atoms with Gasteiger partial charge in [-0.15, -0.1) is 0 Å². The van der Waals surface area contributed by atoms with E-state index in [1.807, 2.05) is 42.5 Å². The number of rotatable bonds is 8. The van der Waals surface area contributed by atoms with Gasteiger partial charge in [-0.1, -0.05) is 53.7 Å². The summed E-state index contributed by atoms with van der Waals surface area (Å²) in [7, 11) is 2.90. The summed E-state index contributed by atoms with van der Waals surface area (Å²) in [5, 5.41) is 12.2. The van der Waals surface area contributed by atoms with E-state index in [0.717, 1.165) is 4.90 Å². The smallest absolute Gasteiger partial charge is 0.357 e. The molecule has 10 heteroatoms. The van der Waals surface area contributed by atoms with Crippen LogP contribution in [0.1, 0.15) is 33.5 Å². The molecule has 1 aromatic heterocycles. The van der Waals surface area contributed by atoms with Crippen LogP contribution in [0.5, 0.6) is 17.2 Å². The lowest BCUT2D eigenvalue weighted by Crippen LogP contribution is -2.17. The van der Waals surface area contributed by atoms with E-state index in [0.29, 0.717) is 38.4 Å². The van der Waals surface area contributed by atoms with Crippen molar-refractivity contribution in [2.24, 2.45) is 0 Å². The van der Waals surface area contributed by atoms with Crippen molar-refractivity contribution in [3.63, 3.8) is 0 Å². The highest BCUT2D eigenvalue weighted by molar-refractivity contribution is 7.99. The van der Waals surface area contributed by atoms with Gasteiger partial charge >= 0.3 is 5.97 Å². The predicted octanol–water partition coefficient (Wildman–Crippen LogP) is 5.34. The van der Waals surface area contributed by atoms with Crippen LogP contribution in [0.2, 0.25) is 5.02 Å². The highest BCUT2D eigenvalue weighted by Crippen LogP contribution is 2.39. The van der Waals surface area contributed by atoms with Crippen molar-refractivity contribution < 1.29 is 28.8 Å². The molecule has 0 spiro atoms. The summed E-state index contributed by atoms with van der Waals surface area (Å²) >= 11 is 7.86. The number of aromatic nitrogens is 2. The van der Waals surface area contributed by atoms with Gasteiger partial charge in [-0.05, 0) is 41.5 Å². The number of carbonyl (C=O) groups is 1. The number of carbonyl (C=O) groups excluding carboxylic acids is 1. The number of esters is 1. The van der Waals surface area contributed by atoms with E-state index in [-0.39, 0.29) is 24.9 Å². The summed E-state index contributed by atoms with van der Waals surface area (Å²) in [5.74, 6) is 1.49. The van der Waals surface area contributed by atoms with Gasteiger partial charge in [0.2, 0.25) is 6.79 Å². The minimum absolute atomic E-state index is 0.105. The zero-order valence-electron chi connectivity index (χ0n) is 20.0. The molecule has 0 aliphatic carbocycles. The van der Waals surface area contributed by atoms with Crippen LogP contribution < -0.4 is 14.2 Å². The molecule has 1 N–H and O–H groups in total. The highest BCUT2D eigenvalue weighted by Gasteiger charge is 2.29. The van der Waals surface area contributed by atoms with E-state index in [1.165, 1.54) is 18.9 Å². The number of benzene rings is 3. The Morgan fingerprint density at radius 2 is 1.81 bits per heavy atom. The Hall–Kier alpha value is -3.66. The molecule has 1 aliphatic rings. The monoisotopic (exact) mass is 538 g/mol. The largest absolute Gasteiger partial charge is 0.497 e. The van der Waals surface area contributed by atoms with E-state index in [4.69, 9.17) is 35.5 Å². The molecule has 190 valence electrons. The van der Waals surface area contributed by atoms with E-state index in [9.17, 15) is 9.90 Å². The summed E-state index contributed by atoms with van der Waals surface area (Å²) in [6.45, 7) is 0.240. The summed E-state index contributed by atoms with van der Waals surface area (Å²) in [4.78, 5) is 18.7. The SMILES string of the molecule is COC(=O)c1c(Sc2ccc(OC)cc2)nc(C(O)c2ccccc2)n1Cc1cc2c(cc1Cl)OCO2. The van der Waals surface area contributed by atoms with Crippen molar-refractivity contribution in [1.82, 2.24) is 9.55 Å². The molecule has 0 bridgehead atoms. The first kappa shape index (κ1) is 25.0. The lowest BCUT2D eigenvalue weighted by molar-refractivity contribution is 0.0583. The number of fused-ring (bicyclic) bond motifs is 1. The molecule has 3 aromatic carbocycles. The topological polar surface area (TPSA) is 92.0 Å². The fraction of sp³-hybridized carbons (Fsp3) is 0.185. The van der Waals surface area contributed by atoms with Gasteiger partial charge in [-0.25, -0.2) is 9.78 Å². The van der Waals surface area contributed by atoms with Gasteiger partial charge in [0.05, 0.1) is 20.8 Å². The molecule has 1 atom stereocenters. The van der Waals surface area contributed by atoms with Crippen LogP contribution in [0.4, 0.5) is 0 Å². The molecular weight excluding hydrogens is 516 g/mol. The molecule has 0 saturated carbocycles. The first-order valence-electron chi connectivity index (χ1n) is 11.3. The molecule has 1 unspecified atom stereocenters. The molecule has 37 heavy (non-hydrogen) atoms. The zero-order valence-corrected chi connectivity index (χ0v) is 21.6. The highest BCUT2D eigenvalue weighted by atomic mass is 35.5. The summed E-state index contributed by atoms with van der Waals surface area (Å²) in [6.07, 6.45) is -1.11. The number of hydrogen-bond donors (Lipinski definition) is 1. The number of hydrogen-bond acceptors (Lipinski definition) is 8. The van der Waals surface area contributed by atoms with E-state index >= 15 is 0 Å². The Morgan fingerprint density at radius 1 is 1.11 bits per heavy atom. The van der Waals surface area contributed by atoms with Gasteiger partial charge in [0.25, 0.3) is 0 Å². The number of methoxy groups -OCH3 is 2. The number of nitrogens with zero attached hydrogens (tertiary/aromatic N) is 2. The Bertz CT molecular complexity index is 1430. The summed E-state index contributed by atoms with van der Waals surface area (Å²) in [5.41, 5.74) is 1.49. The number of ether oxygens (including phenoxy) is 4. The first-order valence-corrected chi connectivity index (χ1v) is 12.5. The van der Waals surface area contributed by atoms with Gasteiger partial charge in [-0.3, -0.25) is 0 Å². The van der Waals surface area contributed by atoms with Crippen LogP contribution in [0.25, 0.3) is 0 Å². The second kappa shape index (κ2) is 10.8. The van der Waals surface area contributed by atoms with E-state index in [2.05, 4.69) is 0 Å².